The van der Waals surface area contributed by atoms with Gasteiger partial charge in [0.1, 0.15) is 11.7 Å². The molecule has 0 aliphatic carbocycles. The summed E-state index contributed by atoms with van der Waals surface area (Å²) in [5, 5.41) is 22.0. The number of nitro groups is 1. The maximum Gasteiger partial charge on any atom is 0.326 e. The van der Waals surface area contributed by atoms with Gasteiger partial charge in [0.2, 0.25) is 0 Å². The molecule has 1 unspecified atom stereocenters. The molecule has 1 aromatic rings. The van der Waals surface area contributed by atoms with Gasteiger partial charge in [0, 0.05) is 6.07 Å². The number of nitrogens with two attached hydrogens (primary N) is 1. The Kier molecular flexibility index (Phi) is 5.01. The summed E-state index contributed by atoms with van der Waals surface area (Å²) in [5.41, 5.74) is 4.78. The Morgan fingerprint density at radius 1 is 1.50 bits per heavy atom. The molecule has 0 fully saturated rings. The number of nitrogens with zero attached hydrogens (tertiary/aromatic N) is 1. The number of nitrogen functional groups attached to an aromatic ring is 1. The second kappa shape index (κ2) is 6.50. The van der Waals surface area contributed by atoms with Crippen molar-refractivity contribution in [3.63, 3.8) is 0 Å². The first-order chi connectivity index (χ1) is 9.38. The highest BCUT2D eigenvalue weighted by molar-refractivity contribution is 6.02. The lowest BCUT2D eigenvalue weighted by Crippen LogP contribution is -2.40. The molecule has 0 aliphatic heterocycles. The number of carboxylic acid groups (broad SMARTS) is 1. The molecular formula is C12H15N3O5. The van der Waals surface area contributed by atoms with Gasteiger partial charge in [0.05, 0.1) is 10.5 Å². The number of hydrogen-bond acceptors (Lipinski definition) is 5. The lowest BCUT2D eigenvalue weighted by atomic mass is 10.1. The number of nitro benzene ring substituents is 1. The second-order valence-corrected chi connectivity index (χ2v) is 4.15. The van der Waals surface area contributed by atoms with Crippen molar-refractivity contribution in [2.24, 2.45) is 0 Å². The van der Waals surface area contributed by atoms with Gasteiger partial charge in [-0.15, -0.1) is 0 Å². The van der Waals surface area contributed by atoms with Gasteiger partial charge in [-0.25, -0.2) is 4.79 Å². The van der Waals surface area contributed by atoms with E-state index in [9.17, 15) is 19.7 Å². The summed E-state index contributed by atoms with van der Waals surface area (Å²) in [6.07, 6.45) is 0.831. The van der Waals surface area contributed by atoms with Crippen molar-refractivity contribution >= 4 is 23.3 Å². The number of anilines is 1. The Morgan fingerprint density at radius 2 is 2.15 bits per heavy atom. The van der Waals surface area contributed by atoms with Gasteiger partial charge in [-0.2, -0.15) is 0 Å². The largest absolute Gasteiger partial charge is 0.480 e. The molecule has 0 bridgehead atoms. The summed E-state index contributed by atoms with van der Waals surface area (Å²) in [7, 11) is 0. The lowest BCUT2D eigenvalue weighted by Gasteiger charge is -2.14. The number of para-hydroxylation sites is 1. The SMILES string of the molecule is CCCC(NC(=O)c1cccc([N+](=O)[O-])c1N)C(=O)O. The Morgan fingerprint density at radius 3 is 2.65 bits per heavy atom. The highest BCUT2D eigenvalue weighted by Gasteiger charge is 2.23. The van der Waals surface area contributed by atoms with Gasteiger partial charge in [0.25, 0.3) is 11.6 Å². The average Bonchev–Trinajstić information content (AvgIpc) is 2.37. The molecule has 1 rings (SSSR count). The minimum absolute atomic E-state index is 0.110. The van der Waals surface area contributed by atoms with Crippen molar-refractivity contribution in [2.45, 2.75) is 25.8 Å². The van der Waals surface area contributed by atoms with E-state index in [1.165, 1.54) is 18.2 Å². The van der Waals surface area contributed by atoms with Crippen LogP contribution in [0.1, 0.15) is 30.1 Å². The number of rotatable bonds is 6. The standard InChI is InChI=1S/C12H15N3O5/c1-2-4-8(12(17)18)14-11(16)7-5-3-6-9(10(7)13)15(19)20/h3,5-6,8H,2,4,13H2,1H3,(H,14,16)(H,17,18). The van der Waals surface area contributed by atoms with Gasteiger partial charge < -0.3 is 16.2 Å². The molecule has 0 heterocycles. The van der Waals surface area contributed by atoms with E-state index >= 15 is 0 Å². The third-order valence-corrected chi connectivity index (χ3v) is 2.71. The number of nitrogens with one attached hydrogen (secondary N) is 1. The number of carbonyl (C=O) groups is 2. The van der Waals surface area contributed by atoms with Gasteiger partial charge in [-0.1, -0.05) is 19.4 Å². The molecular weight excluding hydrogens is 266 g/mol. The molecule has 8 nitrogen and oxygen atoms in total. The molecule has 0 radical (unpaired) electrons. The minimum atomic E-state index is -1.16. The van der Waals surface area contributed by atoms with E-state index in [0.29, 0.717) is 6.42 Å². The Bertz CT molecular complexity index is 544. The van der Waals surface area contributed by atoms with Crippen molar-refractivity contribution in [2.75, 3.05) is 5.73 Å². The smallest absolute Gasteiger partial charge is 0.326 e. The van der Waals surface area contributed by atoms with E-state index in [4.69, 9.17) is 10.8 Å². The highest BCUT2D eigenvalue weighted by Crippen LogP contribution is 2.24. The van der Waals surface area contributed by atoms with Gasteiger partial charge >= 0.3 is 5.97 Å². The van der Waals surface area contributed by atoms with Gasteiger partial charge in [-0.3, -0.25) is 14.9 Å². The van der Waals surface area contributed by atoms with Gasteiger partial charge in [0.15, 0.2) is 0 Å². The van der Waals surface area contributed by atoms with Crippen LogP contribution in [0.3, 0.4) is 0 Å². The lowest BCUT2D eigenvalue weighted by molar-refractivity contribution is -0.383. The van der Waals surface area contributed by atoms with Crippen LogP contribution >= 0.6 is 0 Å². The van der Waals surface area contributed by atoms with E-state index in [1.54, 1.807) is 6.92 Å². The van der Waals surface area contributed by atoms with Crippen LogP contribution in [0.25, 0.3) is 0 Å². The topological polar surface area (TPSA) is 136 Å². The van der Waals surface area contributed by atoms with Crippen LogP contribution in [0, 0.1) is 10.1 Å². The number of benzene rings is 1. The first-order valence-electron chi connectivity index (χ1n) is 5.95. The Balaban J connectivity index is 3.00. The third kappa shape index (κ3) is 3.44. The number of amides is 1. The molecule has 0 aliphatic rings. The van der Waals surface area contributed by atoms with E-state index in [-0.39, 0.29) is 23.4 Å². The first-order valence-corrected chi connectivity index (χ1v) is 5.95. The molecule has 0 saturated heterocycles. The van der Waals surface area contributed by atoms with Crippen molar-refractivity contribution in [3.05, 3.63) is 33.9 Å². The van der Waals surface area contributed by atoms with Crippen LogP contribution in [0.2, 0.25) is 0 Å². The fourth-order valence-corrected chi connectivity index (χ4v) is 1.69. The van der Waals surface area contributed by atoms with E-state index in [2.05, 4.69) is 5.32 Å². The summed E-state index contributed by atoms with van der Waals surface area (Å²) < 4.78 is 0. The number of carboxylic acids is 1. The number of hydrogen-bond donors (Lipinski definition) is 3. The summed E-state index contributed by atoms with van der Waals surface area (Å²) in [6, 6.07) is 2.75. The van der Waals surface area contributed by atoms with Crippen LogP contribution in [-0.4, -0.2) is 27.9 Å². The highest BCUT2D eigenvalue weighted by atomic mass is 16.6. The molecule has 0 aromatic heterocycles. The molecule has 1 amide bonds. The maximum absolute atomic E-state index is 12.0. The Hall–Kier alpha value is -2.64. The molecule has 4 N–H and O–H groups in total. The molecule has 1 atom stereocenters. The van der Waals surface area contributed by atoms with Crippen molar-refractivity contribution in [1.29, 1.82) is 0 Å². The normalized spacial score (nSPS) is 11.7. The second-order valence-electron chi connectivity index (χ2n) is 4.15. The first kappa shape index (κ1) is 15.4. The van der Waals surface area contributed by atoms with Crippen LogP contribution in [-0.2, 0) is 4.79 Å². The van der Waals surface area contributed by atoms with Crippen LogP contribution in [0.15, 0.2) is 18.2 Å². The van der Waals surface area contributed by atoms with Crippen molar-refractivity contribution < 1.29 is 19.6 Å². The summed E-state index contributed by atoms with van der Waals surface area (Å²) in [5.74, 6) is -1.91. The number of aliphatic carboxylic acids is 1. The predicted molar refractivity (Wildman–Crippen MR) is 71.3 cm³/mol. The fraction of sp³-hybridized carbons (Fsp3) is 0.333. The molecule has 108 valence electrons. The molecule has 20 heavy (non-hydrogen) atoms. The third-order valence-electron chi connectivity index (χ3n) is 2.71. The fourth-order valence-electron chi connectivity index (χ4n) is 1.69. The summed E-state index contributed by atoms with van der Waals surface area (Å²) in [4.78, 5) is 32.9. The van der Waals surface area contributed by atoms with E-state index < -0.39 is 22.8 Å². The monoisotopic (exact) mass is 281 g/mol. The van der Waals surface area contributed by atoms with Gasteiger partial charge in [-0.05, 0) is 12.5 Å². The summed E-state index contributed by atoms with van der Waals surface area (Å²) >= 11 is 0. The van der Waals surface area contributed by atoms with Crippen molar-refractivity contribution in [1.82, 2.24) is 5.32 Å². The molecule has 0 saturated carbocycles. The quantitative estimate of drug-likeness (QED) is 0.406. The molecule has 8 heteroatoms. The van der Waals surface area contributed by atoms with E-state index in [0.717, 1.165) is 0 Å². The Labute approximate surface area is 114 Å². The van der Waals surface area contributed by atoms with Crippen molar-refractivity contribution in [3.8, 4) is 0 Å². The zero-order valence-corrected chi connectivity index (χ0v) is 10.8. The zero-order valence-electron chi connectivity index (χ0n) is 10.8. The molecule has 1 aromatic carbocycles. The van der Waals surface area contributed by atoms with Crippen LogP contribution in [0.4, 0.5) is 11.4 Å². The predicted octanol–water partition coefficient (Wildman–Crippen LogP) is 1.16. The number of carbonyl (C=O) groups excluding carboxylic acids is 1. The maximum atomic E-state index is 12.0. The zero-order chi connectivity index (χ0) is 15.3. The molecule has 0 spiro atoms. The van der Waals surface area contributed by atoms with E-state index in [1.807, 2.05) is 0 Å². The van der Waals surface area contributed by atoms with Crippen LogP contribution < -0.4 is 11.1 Å². The summed E-state index contributed by atoms with van der Waals surface area (Å²) in [6.45, 7) is 1.78. The minimum Gasteiger partial charge on any atom is -0.480 e. The van der Waals surface area contributed by atoms with Crippen LogP contribution in [0.5, 0.6) is 0 Å². The average molecular weight is 281 g/mol.